The van der Waals surface area contributed by atoms with E-state index in [1.165, 1.54) is 31.5 Å². The van der Waals surface area contributed by atoms with Gasteiger partial charge in [0.05, 0.1) is 5.56 Å². The molecule has 1 heterocycles. The highest BCUT2D eigenvalue weighted by molar-refractivity contribution is 5.95. The molecular formula is C13H17N3O2. The highest BCUT2D eigenvalue weighted by Gasteiger charge is 2.16. The molecule has 0 aromatic carbocycles. The van der Waals surface area contributed by atoms with E-state index in [0.29, 0.717) is 5.56 Å². The van der Waals surface area contributed by atoms with Crippen LogP contribution < -0.4 is 11.1 Å². The van der Waals surface area contributed by atoms with Crippen molar-refractivity contribution in [2.45, 2.75) is 38.1 Å². The number of pyridine rings is 1. The van der Waals surface area contributed by atoms with Crippen LogP contribution in [0, 0.1) is 0 Å². The van der Waals surface area contributed by atoms with E-state index in [1.807, 2.05) is 0 Å². The molecule has 2 rings (SSSR count). The zero-order valence-electron chi connectivity index (χ0n) is 10.2. The second kappa shape index (κ2) is 5.62. The highest BCUT2D eigenvalue weighted by Crippen LogP contribution is 2.17. The number of nitrogens with two attached hydrogens (primary N) is 1. The van der Waals surface area contributed by atoms with Crippen molar-refractivity contribution in [2.24, 2.45) is 5.73 Å². The van der Waals surface area contributed by atoms with Crippen molar-refractivity contribution >= 4 is 11.8 Å². The van der Waals surface area contributed by atoms with Crippen LogP contribution >= 0.6 is 0 Å². The van der Waals surface area contributed by atoms with Gasteiger partial charge in [-0.1, -0.05) is 19.3 Å². The normalized spacial score (nSPS) is 16.2. The van der Waals surface area contributed by atoms with Gasteiger partial charge in [0.1, 0.15) is 5.69 Å². The smallest absolute Gasteiger partial charge is 0.267 e. The SMILES string of the molecule is NC(=O)c1ccc(C(=O)NC2CCCCC2)cn1. The summed E-state index contributed by atoms with van der Waals surface area (Å²) in [5.41, 5.74) is 5.72. The van der Waals surface area contributed by atoms with Crippen LogP contribution in [0.15, 0.2) is 18.3 Å². The lowest BCUT2D eigenvalue weighted by Crippen LogP contribution is -2.36. The predicted octanol–water partition coefficient (Wildman–Crippen LogP) is 1.24. The van der Waals surface area contributed by atoms with Gasteiger partial charge in [0.2, 0.25) is 0 Å². The van der Waals surface area contributed by atoms with Crippen molar-refractivity contribution in [3.05, 3.63) is 29.6 Å². The summed E-state index contributed by atoms with van der Waals surface area (Å²) in [7, 11) is 0. The average Bonchev–Trinajstić information content (AvgIpc) is 2.40. The number of aromatic nitrogens is 1. The van der Waals surface area contributed by atoms with Crippen LogP contribution in [0.1, 0.15) is 53.0 Å². The van der Waals surface area contributed by atoms with Crippen LogP contribution in [0.4, 0.5) is 0 Å². The molecule has 2 amide bonds. The van der Waals surface area contributed by atoms with Crippen LogP contribution in [0.2, 0.25) is 0 Å². The minimum absolute atomic E-state index is 0.134. The quantitative estimate of drug-likeness (QED) is 0.842. The van der Waals surface area contributed by atoms with Gasteiger partial charge in [-0.2, -0.15) is 0 Å². The summed E-state index contributed by atoms with van der Waals surface area (Å²) in [5.74, 6) is -0.723. The molecule has 5 heteroatoms. The van der Waals surface area contributed by atoms with Crippen molar-refractivity contribution in [2.75, 3.05) is 0 Å². The molecule has 0 radical (unpaired) electrons. The van der Waals surface area contributed by atoms with Crippen molar-refractivity contribution in [3.8, 4) is 0 Å². The first-order valence-electron chi connectivity index (χ1n) is 6.23. The van der Waals surface area contributed by atoms with Crippen LogP contribution in [-0.2, 0) is 0 Å². The summed E-state index contributed by atoms with van der Waals surface area (Å²) >= 11 is 0. The maximum atomic E-state index is 11.9. The Morgan fingerprint density at radius 2 is 1.94 bits per heavy atom. The van der Waals surface area contributed by atoms with E-state index in [0.717, 1.165) is 12.8 Å². The molecule has 0 atom stereocenters. The Hall–Kier alpha value is -1.91. The summed E-state index contributed by atoms with van der Waals surface area (Å²) < 4.78 is 0. The van der Waals surface area contributed by atoms with E-state index >= 15 is 0 Å². The molecule has 1 aliphatic carbocycles. The molecule has 3 N–H and O–H groups in total. The van der Waals surface area contributed by atoms with Crippen LogP contribution in [0.5, 0.6) is 0 Å². The number of nitrogens with zero attached hydrogens (tertiary/aromatic N) is 1. The summed E-state index contributed by atoms with van der Waals surface area (Å²) in [6, 6.07) is 3.31. The Bertz CT molecular complexity index is 436. The van der Waals surface area contributed by atoms with Gasteiger partial charge in [-0.3, -0.25) is 14.6 Å². The summed E-state index contributed by atoms with van der Waals surface area (Å²) in [5, 5.41) is 2.99. The molecule has 5 nitrogen and oxygen atoms in total. The number of rotatable bonds is 3. The lowest BCUT2D eigenvalue weighted by molar-refractivity contribution is 0.0925. The molecule has 0 aliphatic heterocycles. The number of hydrogen-bond donors (Lipinski definition) is 2. The lowest BCUT2D eigenvalue weighted by atomic mass is 9.95. The molecule has 1 aliphatic rings. The van der Waals surface area contributed by atoms with Gasteiger partial charge in [-0.05, 0) is 25.0 Å². The Balaban J connectivity index is 1.97. The first-order chi connectivity index (χ1) is 8.66. The van der Waals surface area contributed by atoms with E-state index in [1.54, 1.807) is 6.07 Å². The molecule has 1 aromatic rings. The van der Waals surface area contributed by atoms with Crippen LogP contribution in [-0.4, -0.2) is 22.8 Å². The van der Waals surface area contributed by atoms with Gasteiger partial charge >= 0.3 is 0 Å². The Morgan fingerprint density at radius 1 is 1.22 bits per heavy atom. The van der Waals surface area contributed by atoms with Gasteiger partial charge in [-0.25, -0.2) is 0 Å². The molecule has 0 spiro atoms. The number of primary amides is 1. The molecular weight excluding hydrogens is 230 g/mol. The second-order valence-corrected chi connectivity index (χ2v) is 4.60. The van der Waals surface area contributed by atoms with Crippen molar-refractivity contribution in [1.82, 2.24) is 10.3 Å². The Kier molecular flexibility index (Phi) is 3.92. The third kappa shape index (κ3) is 3.06. The zero-order chi connectivity index (χ0) is 13.0. The standard InChI is InChI=1S/C13H17N3O2/c14-12(17)11-7-6-9(8-15-11)13(18)16-10-4-2-1-3-5-10/h6-8,10H,1-5H2,(H2,14,17)(H,16,18). The zero-order valence-corrected chi connectivity index (χ0v) is 10.2. The average molecular weight is 247 g/mol. The van der Waals surface area contributed by atoms with Crippen molar-refractivity contribution in [1.29, 1.82) is 0 Å². The molecule has 1 aromatic heterocycles. The lowest BCUT2D eigenvalue weighted by Gasteiger charge is -2.22. The van der Waals surface area contributed by atoms with Crippen LogP contribution in [0.25, 0.3) is 0 Å². The third-order valence-corrected chi connectivity index (χ3v) is 3.22. The van der Waals surface area contributed by atoms with Crippen LogP contribution in [0.3, 0.4) is 0 Å². The number of hydrogen-bond acceptors (Lipinski definition) is 3. The largest absolute Gasteiger partial charge is 0.364 e. The minimum Gasteiger partial charge on any atom is -0.364 e. The van der Waals surface area contributed by atoms with Gasteiger partial charge in [-0.15, -0.1) is 0 Å². The fourth-order valence-electron chi connectivity index (χ4n) is 2.19. The first kappa shape index (κ1) is 12.5. The molecule has 1 fully saturated rings. The monoisotopic (exact) mass is 247 g/mol. The van der Waals surface area contributed by atoms with Crippen molar-refractivity contribution < 1.29 is 9.59 Å². The van der Waals surface area contributed by atoms with Crippen molar-refractivity contribution in [3.63, 3.8) is 0 Å². The maximum absolute atomic E-state index is 11.9. The molecule has 96 valence electrons. The summed E-state index contributed by atoms with van der Waals surface area (Å²) in [6.45, 7) is 0. The molecule has 0 bridgehead atoms. The number of amides is 2. The third-order valence-electron chi connectivity index (χ3n) is 3.22. The Morgan fingerprint density at radius 3 is 2.50 bits per heavy atom. The van der Waals surface area contributed by atoms with E-state index in [9.17, 15) is 9.59 Å². The summed E-state index contributed by atoms with van der Waals surface area (Å²) in [6.07, 6.45) is 7.06. The molecule has 18 heavy (non-hydrogen) atoms. The van der Waals surface area contributed by atoms with Gasteiger partial charge in [0.15, 0.2) is 0 Å². The Labute approximate surface area is 106 Å². The molecule has 1 saturated carbocycles. The number of carbonyl (C=O) groups is 2. The molecule has 0 saturated heterocycles. The maximum Gasteiger partial charge on any atom is 0.267 e. The minimum atomic E-state index is -0.589. The fourth-order valence-corrected chi connectivity index (χ4v) is 2.19. The van der Waals surface area contributed by atoms with E-state index in [4.69, 9.17) is 5.73 Å². The van der Waals surface area contributed by atoms with Gasteiger partial charge < -0.3 is 11.1 Å². The van der Waals surface area contributed by atoms with E-state index in [2.05, 4.69) is 10.3 Å². The molecule has 0 unspecified atom stereocenters. The topological polar surface area (TPSA) is 85.1 Å². The first-order valence-corrected chi connectivity index (χ1v) is 6.23. The van der Waals surface area contributed by atoms with Gasteiger partial charge in [0, 0.05) is 12.2 Å². The van der Waals surface area contributed by atoms with Gasteiger partial charge in [0.25, 0.3) is 11.8 Å². The van der Waals surface area contributed by atoms with E-state index < -0.39 is 5.91 Å². The fraction of sp³-hybridized carbons (Fsp3) is 0.462. The highest BCUT2D eigenvalue weighted by atomic mass is 16.2. The number of carbonyl (C=O) groups excluding carboxylic acids is 2. The predicted molar refractivity (Wildman–Crippen MR) is 67.1 cm³/mol. The van der Waals surface area contributed by atoms with E-state index in [-0.39, 0.29) is 17.6 Å². The number of nitrogens with one attached hydrogen (secondary N) is 1. The summed E-state index contributed by atoms with van der Waals surface area (Å²) in [4.78, 5) is 26.6. The second-order valence-electron chi connectivity index (χ2n) is 4.60.